The fourth-order valence-electron chi connectivity index (χ4n) is 0. The fraction of sp³-hybridized carbons (Fsp3) is 0. The predicted molar refractivity (Wildman–Crippen MR) is 33.8 cm³/mol. The van der Waals surface area contributed by atoms with Gasteiger partial charge in [0.2, 0.25) is 0 Å². The third-order valence-electron chi connectivity index (χ3n) is 0. The molecule has 0 saturated heterocycles. The number of rotatable bonds is 0. The summed E-state index contributed by atoms with van der Waals surface area (Å²) >= 11 is 0. The van der Waals surface area contributed by atoms with Crippen molar-refractivity contribution in [1.82, 2.24) is 12.3 Å². The molecule has 0 rings (SSSR count). The SMILES string of the molecule is N.N.O=[Si](O)O.O=[Si]([O-])[O-].O=[Si]([O-])[O-].[K+].[K+].[Na+].[Na+]. The molecule has 0 spiro atoms. The average Bonchev–Trinajstić information content (AvgIpc) is 1.54. The summed E-state index contributed by atoms with van der Waals surface area (Å²) in [4.78, 5) is 48.4. The van der Waals surface area contributed by atoms with Crippen LogP contribution in [0.2, 0.25) is 0 Å². The molecule has 8 N–H and O–H groups in total. The van der Waals surface area contributed by atoms with Gasteiger partial charge < -0.3 is 50.0 Å². The molecule has 0 bridgehead atoms. The van der Waals surface area contributed by atoms with E-state index in [0.29, 0.717) is 0 Å². The molecular weight excluding hydrogens is 380 g/mol. The van der Waals surface area contributed by atoms with Gasteiger partial charge in [0.1, 0.15) is 0 Å². The monoisotopic (exact) mass is 388 g/mol. The van der Waals surface area contributed by atoms with Crippen LogP contribution in [0.15, 0.2) is 0 Å². The third kappa shape index (κ3) is 445. The van der Waals surface area contributed by atoms with Crippen LogP contribution >= 0.6 is 0 Å². The van der Waals surface area contributed by atoms with Crippen LogP contribution in [-0.4, -0.2) is 37.1 Å². The molecule has 0 fully saturated rings. The van der Waals surface area contributed by atoms with Gasteiger partial charge in [0, 0.05) is 18.3 Å². The van der Waals surface area contributed by atoms with Crippen molar-refractivity contribution < 1.29 is 204 Å². The zero-order chi connectivity index (χ0) is 10.7. The van der Waals surface area contributed by atoms with Crippen LogP contribution in [0.4, 0.5) is 0 Å². The molecule has 0 heterocycles. The van der Waals surface area contributed by atoms with Crippen LogP contribution < -0.4 is 193 Å². The van der Waals surface area contributed by atoms with Crippen LogP contribution in [-0.2, 0) is 13.4 Å². The van der Waals surface area contributed by atoms with E-state index in [2.05, 4.69) is 0 Å². The first-order valence-corrected chi connectivity index (χ1v) is 5.63. The van der Waals surface area contributed by atoms with Gasteiger partial charge in [0.05, 0.1) is 0 Å². The molecule has 0 aliphatic rings. The van der Waals surface area contributed by atoms with E-state index in [4.69, 9.17) is 42.2 Å². The van der Waals surface area contributed by atoms with E-state index in [1.165, 1.54) is 0 Å². The summed E-state index contributed by atoms with van der Waals surface area (Å²) in [5.41, 5.74) is 0. The Balaban J connectivity index is -0.00000000827. The van der Waals surface area contributed by atoms with Gasteiger partial charge in [0.25, 0.3) is 0 Å². The Bertz CT molecular complexity index is 133. The molecule has 0 aromatic rings. The molecule has 18 heteroatoms. The van der Waals surface area contributed by atoms with Gasteiger partial charge in [-0.25, -0.2) is 0 Å². The van der Waals surface area contributed by atoms with Crippen LogP contribution in [0.3, 0.4) is 0 Å². The molecule has 0 unspecified atom stereocenters. The van der Waals surface area contributed by atoms with Crippen molar-refractivity contribution in [3.05, 3.63) is 0 Å². The maximum atomic E-state index is 8.74. The van der Waals surface area contributed by atoms with E-state index in [9.17, 15) is 0 Å². The van der Waals surface area contributed by atoms with Gasteiger partial charge >= 0.3 is 171 Å². The first kappa shape index (κ1) is 57.4. The summed E-state index contributed by atoms with van der Waals surface area (Å²) in [6.07, 6.45) is 0. The standard InChI is InChI=1S/2K.2H3N.2Na.H2O3Si.2O3Si/c;;;;;;3*1-4(2)3/h;;2*1H3;;;1-2H;;/q2*+1;;;2*+1;;2*-2. The summed E-state index contributed by atoms with van der Waals surface area (Å²) in [5, 5.41) is 0. The molecule has 0 saturated carbocycles. The quantitative estimate of drug-likeness (QED) is 0.283. The van der Waals surface area contributed by atoms with Gasteiger partial charge in [0.15, 0.2) is 0 Å². The smallest absolute Gasteiger partial charge is 0.672 e. The van der Waals surface area contributed by atoms with Gasteiger partial charge in [-0.2, -0.15) is 0 Å². The van der Waals surface area contributed by atoms with Gasteiger partial charge in [-0.1, -0.05) is 0 Å². The Morgan fingerprint density at radius 2 is 0.667 bits per heavy atom. The van der Waals surface area contributed by atoms with Crippen molar-refractivity contribution in [1.29, 1.82) is 0 Å². The Kier molecular flexibility index (Phi) is 158. The van der Waals surface area contributed by atoms with Crippen LogP contribution in [0.5, 0.6) is 0 Å². The van der Waals surface area contributed by atoms with Crippen LogP contribution in [0, 0.1) is 0 Å². The van der Waals surface area contributed by atoms with Crippen molar-refractivity contribution in [2.75, 3.05) is 0 Å². The zero-order valence-electron chi connectivity index (χ0n) is 10.7. The average molecular weight is 389 g/mol. The van der Waals surface area contributed by atoms with Gasteiger partial charge in [-0.05, 0) is 0 Å². The summed E-state index contributed by atoms with van der Waals surface area (Å²) in [6.45, 7) is 0. The molecule has 0 aromatic heterocycles. The van der Waals surface area contributed by atoms with E-state index >= 15 is 0 Å². The third-order valence-corrected chi connectivity index (χ3v) is 0. The summed E-state index contributed by atoms with van der Waals surface area (Å²) in [5.74, 6) is 0. The molecule has 0 radical (unpaired) electrons. The molecular formula is H8K2N2Na2O9Si3. The van der Waals surface area contributed by atoms with Crippen molar-refractivity contribution >= 4 is 27.5 Å². The summed E-state index contributed by atoms with van der Waals surface area (Å²) in [6, 6.07) is 0. The van der Waals surface area contributed by atoms with Crippen molar-refractivity contribution in [2.24, 2.45) is 0 Å². The molecule has 0 amide bonds. The number of hydrogen-bond acceptors (Lipinski definition) is 9. The summed E-state index contributed by atoms with van der Waals surface area (Å²) < 4.78 is 25.8. The molecule has 88 valence electrons. The zero-order valence-corrected chi connectivity index (χ0v) is 23.9. The largest absolute Gasteiger partial charge is 1.00 e. The Morgan fingerprint density at radius 3 is 0.667 bits per heavy atom. The molecule has 0 aromatic carbocycles. The van der Waals surface area contributed by atoms with E-state index in [1.807, 2.05) is 0 Å². The van der Waals surface area contributed by atoms with Crippen LogP contribution in [0.25, 0.3) is 0 Å². The molecule has 0 aliphatic carbocycles. The maximum Gasteiger partial charge on any atom is 1.00 e. The van der Waals surface area contributed by atoms with E-state index in [0.717, 1.165) is 0 Å². The van der Waals surface area contributed by atoms with Crippen LogP contribution in [0.1, 0.15) is 0 Å². The van der Waals surface area contributed by atoms with Gasteiger partial charge in [-0.15, -0.1) is 0 Å². The minimum atomic E-state index is -3.63. The second-order valence-corrected chi connectivity index (χ2v) is 2.35. The second kappa shape index (κ2) is 49.7. The van der Waals surface area contributed by atoms with E-state index < -0.39 is 27.5 Å². The predicted octanol–water partition coefficient (Wildman–Crippen LogP) is -19.0. The van der Waals surface area contributed by atoms with Gasteiger partial charge in [-0.3, -0.25) is 4.46 Å². The Morgan fingerprint density at radius 1 is 0.667 bits per heavy atom. The minimum absolute atomic E-state index is 0. The second-order valence-electron chi connectivity index (χ2n) is 0.783. The first-order valence-electron chi connectivity index (χ1n) is 1.88. The fourth-order valence-corrected chi connectivity index (χ4v) is 0. The normalized spacial score (nSPS) is 4.00. The van der Waals surface area contributed by atoms with E-state index in [-0.39, 0.29) is 174 Å². The minimum Gasteiger partial charge on any atom is -0.672 e. The topological polar surface area (TPSA) is 254 Å². The molecule has 18 heavy (non-hydrogen) atoms. The molecule has 0 atom stereocenters. The Labute approximate surface area is 237 Å². The molecule has 11 nitrogen and oxygen atoms in total. The maximum absolute atomic E-state index is 8.74. The Hall–Kier alpha value is 4.04. The first-order chi connectivity index (χ1) is 5.20. The number of hydrogen-bond donors (Lipinski definition) is 4. The van der Waals surface area contributed by atoms with E-state index in [1.54, 1.807) is 0 Å². The van der Waals surface area contributed by atoms with Crippen molar-refractivity contribution in [2.45, 2.75) is 0 Å². The molecule has 0 aliphatic heterocycles. The van der Waals surface area contributed by atoms with Crippen molar-refractivity contribution in [3.8, 4) is 0 Å². The van der Waals surface area contributed by atoms with Crippen molar-refractivity contribution in [3.63, 3.8) is 0 Å². The summed E-state index contributed by atoms with van der Waals surface area (Å²) in [7, 11) is -10.4.